The summed E-state index contributed by atoms with van der Waals surface area (Å²) in [6, 6.07) is 0.117. The molecular weight excluding hydrogens is 1480 g/mol. The first kappa shape index (κ1) is 102. The number of ether oxygens (including phenoxy) is 18. The van der Waals surface area contributed by atoms with E-state index in [1.807, 2.05) is 11.8 Å². The summed E-state index contributed by atoms with van der Waals surface area (Å²) in [7, 11) is 0. The topological polar surface area (TPSA) is 362 Å². The molecule has 0 radical (unpaired) electrons. The van der Waals surface area contributed by atoms with Crippen molar-refractivity contribution in [2.75, 3.05) is 185 Å². The number of aliphatic hydroxyl groups is 1. The molecule has 114 heavy (non-hydrogen) atoms. The van der Waals surface area contributed by atoms with E-state index in [0.717, 1.165) is 51.4 Å². The second kappa shape index (κ2) is 59.9. The molecule has 15 unspecified atom stereocenters. The fourth-order valence-corrected chi connectivity index (χ4v) is 14.4. The number of hydrogen-bond acceptors (Lipinski definition) is 27. The van der Waals surface area contributed by atoms with Gasteiger partial charge in [0.05, 0.1) is 163 Å². The Bertz CT molecular complexity index is 2440. The molecule has 0 saturated carbocycles. The molecule has 0 aromatic carbocycles. The number of aliphatic hydroxyl groups excluding tert-OH is 1. The molecular formula is C83H148N4O27. The number of hydrogen-bond donors (Lipinski definition) is 4. The van der Waals surface area contributed by atoms with E-state index in [9.17, 15) is 43.5 Å². The molecule has 0 aromatic heterocycles. The van der Waals surface area contributed by atoms with Gasteiger partial charge < -0.3 is 111 Å². The Balaban J connectivity index is 1.26. The van der Waals surface area contributed by atoms with Crippen LogP contribution in [0.4, 0.5) is 0 Å². The molecule has 0 bridgehead atoms. The van der Waals surface area contributed by atoms with E-state index in [1.54, 1.807) is 0 Å². The number of nitrogens with zero attached hydrogens (tertiary/aromatic N) is 1. The van der Waals surface area contributed by atoms with Gasteiger partial charge in [-0.2, -0.15) is 0 Å². The normalized spacial score (nSPS) is 26.2. The number of carbonyl (C=O) groups excluding carboxylic acids is 8. The fraction of sp³-hybridized carbons (Fsp3) is 0.904. The first-order valence-electron chi connectivity index (χ1n) is 42.5. The summed E-state index contributed by atoms with van der Waals surface area (Å²) in [4.78, 5) is 103. The van der Waals surface area contributed by atoms with E-state index in [4.69, 9.17) is 85.3 Å². The Kier molecular flexibility index (Phi) is 53.4. The van der Waals surface area contributed by atoms with Crippen LogP contribution in [0.5, 0.6) is 0 Å². The molecule has 4 saturated heterocycles. The maximum atomic E-state index is 14.1. The first-order valence-corrected chi connectivity index (χ1v) is 42.5. The molecule has 0 aromatic rings. The predicted molar refractivity (Wildman–Crippen MR) is 421 cm³/mol. The van der Waals surface area contributed by atoms with Crippen LogP contribution < -0.4 is 16.0 Å². The Labute approximate surface area is 679 Å². The molecule has 4 aliphatic heterocycles. The highest BCUT2D eigenvalue weighted by Gasteiger charge is 2.43. The van der Waals surface area contributed by atoms with Gasteiger partial charge in [-0.15, -0.1) is 0 Å². The Hall–Kier alpha value is -4.68. The van der Waals surface area contributed by atoms with Gasteiger partial charge in [0.1, 0.15) is 25.6 Å². The Morgan fingerprint density at radius 2 is 0.684 bits per heavy atom. The fourth-order valence-electron chi connectivity index (χ4n) is 14.4. The van der Waals surface area contributed by atoms with Crippen molar-refractivity contribution < 1.29 is 129 Å². The van der Waals surface area contributed by atoms with Crippen molar-refractivity contribution in [1.29, 1.82) is 0 Å². The number of Topliss-reactive ketones (excluding diaryl/α,β-unsaturated/α-hetero) is 1. The number of esters is 3. The van der Waals surface area contributed by atoms with Crippen molar-refractivity contribution in [3.8, 4) is 0 Å². The lowest BCUT2D eigenvalue weighted by Crippen LogP contribution is -2.48. The maximum absolute atomic E-state index is 14.1. The summed E-state index contributed by atoms with van der Waals surface area (Å²) < 4.78 is 105. The molecule has 0 aliphatic carbocycles. The van der Waals surface area contributed by atoms with Crippen LogP contribution >= 0.6 is 0 Å². The zero-order valence-corrected chi connectivity index (χ0v) is 71.4. The molecule has 662 valence electrons. The number of rotatable bonds is 65. The number of ketones is 1. The molecule has 4 heterocycles. The van der Waals surface area contributed by atoms with Crippen LogP contribution in [0, 0.1) is 58.7 Å². The van der Waals surface area contributed by atoms with E-state index in [1.165, 1.54) is 20.8 Å². The molecule has 31 nitrogen and oxygen atoms in total. The second-order valence-electron chi connectivity index (χ2n) is 31.6. The standard InChI is InChI=1S/C83H148N4O27/c1-14-70-49-72(92)51-87(70)79(96)24-22-20-18-16-15-17-19-21-23-71(91)50-83(55-103-31-25-76(93)84-28-34-97-37-40-100-43-46-106-80-64(8)58(2)61(5)73(112-80)52-109-67(11)88,56-104-32-26-77(94)85-29-35-98-38-41-101-44-47-107-81-65(9)59(3)62(6)74(113-81)53-110-68(12)89)57-105-33-27-78(95)86-30-36-99-39-42-102-45-48-108-82-66(10)60(4)63(7)75(114-82)54-111-69(13)90/h58-66,70,72-75,80-82,92H,14-57H2,1-13H3,(H,84,93)(H,85,94)(H,86,95)/t58?,59?,60?,61?,62?,63?,64?,65?,66?,70-,72-,73?,74?,75?,80?,81?,82?,83?/m1/s1. The van der Waals surface area contributed by atoms with E-state index < -0.39 is 30.4 Å². The highest BCUT2D eigenvalue weighted by Crippen LogP contribution is 2.39. The van der Waals surface area contributed by atoms with Crippen LogP contribution in [0.2, 0.25) is 0 Å². The number of likely N-dealkylation sites (tertiary alicyclic amines) is 1. The molecule has 17 atom stereocenters. The van der Waals surface area contributed by atoms with Gasteiger partial charge in [-0.05, 0) is 61.2 Å². The number of unbranched alkanes of at least 4 members (excludes halogenated alkanes) is 7. The summed E-state index contributed by atoms with van der Waals surface area (Å²) in [5.41, 5.74) is -1.07. The molecule has 4 fully saturated rings. The van der Waals surface area contributed by atoms with Crippen LogP contribution in [0.25, 0.3) is 0 Å². The third kappa shape index (κ3) is 42.3. The van der Waals surface area contributed by atoms with Crippen molar-refractivity contribution >= 4 is 47.3 Å². The van der Waals surface area contributed by atoms with Crippen LogP contribution in [0.1, 0.15) is 193 Å². The van der Waals surface area contributed by atoms with Gasteiger partial charge in [0.15, 0.2) is 18.9 Å². The molecule has 4 rings (SSSR count). The number of amides is 4. The van der Waals surface area contributed by atoms with Crippen LogP contribution in [-0.2, 0) is 124 Å². The summed E-state index contributed by atoms with van der Waals surface area (Å²) in [5.74, 6) is 0.0525. The van der Waals surface area contributed by atoms with Crippen LogP contribution in [0.3, 0.4) is 0 Å². The average Bonchev–Trinajstić information content (AvgIpc) is 1.58. The zero-order valence-electron chi connectivity index (χ0n) is 71.4. The third-order valence-electron chi connectivity index (χ3n) is 22.7. The monoisotopic (exact) mass is 1630 g/mol. The largest absolute Gasteiger partial charge is 0.463 e. The van der Waals surface area contributed by atoms with Crippen molar-refractivity contribution in [2.45, 2.75) is 242 Å². The predicted octanol–water partition coefficient (Wildman–Crippen LogP) is 7.51. The van der Waals surface area contributed by atoms with E-state index >= 15 is 0 Å². The van der Waals surface area contributed by atoms with Crippen molar-refractivity contribution in [1.82, 2.24) is 20.9 Å². The lowest BCUT2D eigenvalue weighted by Gasteiger charge is -2.43. The van der Waals surface area contributed by atoms with E-state index in [0.29, 0.717) is 129 Å². The van der Waals surface area contributed by atoms with Crippen LogP contribution in [-0.4, -0.2) is 291 Å². The summed E-state index contributed by atoms with van der Waals surface area (Å²) in [6.45, 7) is 31.1. The minimum absolute atomic E-state index is 0.00646. The van der Waals surface area contributed by atoms with E-state index in [-0.39, 0.29) is 232 Å². The first-order chi connectivity index (χ1) is 54.8. The van der Waals surface area contributed by atoms with Crippen LogP contribution in [0.15, 0.2) is 0 Å². The minimum atomic E-state index is -1.07. The number of nitrogens with one attached hydrogen (secondary N) is 3. The van der Waals surface area contributed by atoms with Gasteiger partial charge in [-0.3, -0.25) is 38.4 Å². The second-order valence-corrected chi connectivity index (χ2v) is 31.6. The van der Waals surface area contributed by atoms with Gasteiger partial charge >= 0.3 is 17.9 Å². The smallest absolute Gasteiger partial charge is 0.302 e. The van der Waals surface area contributed by atoms with Crippen molar-refractivity contribution in [2.24, 2.45) is 58.7 Å². The highest BCUT2D eigenvalue weighted by atomic mass is 16.7. The van der Waals surface area contributed by atoms with Gasteiger partial charge in [-0.25, -0.2) is 0 Å². The molecule has 31 heteroatoms. The van der Waals surface area contributed by atoms with Crippen molar-refractivity contribution in [3.05, 3.63) is 0 Å². The lowest BCUT2D eigenvalue weighted by atomic mass is 9.79. The molecule has 4 N–H and O–H groups in total. The van der Waals surface area contributed by atoms with Gasteiger partial charge in [-0.1, -0.05) is 108 Å². The zero-order chi connectivity index (χ0) is 83.5. The average molecular weight is 1630 g/mol. The number of β-amino-alcohol motifs (C(OH)–C–C–N with tert-alkyl or cyclic N) is 1. The SMILES string of the molecule is CC[C@@H]1C[C@@H](O)CN1C(=O)CCCCCCCCCCC(=O)CC(COCCC(=O)NCCOCCOCCOC1OC(COC(C)=O)C(C)C(C)C1C)(COCCC(=O)NCCOCCOCCOC1OC(COC(C)=O)C(C)C(C)C1C)COCCC(=O)NCCOCCOCCOC1OC(COC(C)=O)C(C)C(C)C1C. The summed E-state index contributed by atoms with van der Waals surface area (Å²) >= 11 is 0. The quantitative estimate of drug-likeness (QED) is 0.0260. The van der Waals surface area contributed by atoms with Gasteiger partial charge in [0, 0.05) is 115 Å². The molecule has 4 aliphatic rings. The highest BCUT2D eigenvalue weighted by molar-refractivity contribution is 5.79. The third-order valence-corrected chi connectivity index (χ3v) is 22.7. The minimum Gasteiger partial charge on any atom is -0.463 e. The lowest BCUT2D eigenvalue weighted by molar-refractivity contribution is -0.258. The summed E-state index contributed by atoms with van der Waals surface area (Å²) in [5, 5.41) is 18.7. The van der Waals surface area contributed by atoms with Gasteiger partial charge in [0.2, 0.25) is 23.6 Å². The van der Waals surface area contributed by atoms with Crippen molar-refractivity contribution in [3.63, 3.8) is 0 Å². The number of carbonyl (C=O) groups is 8. The maximum Gasteiger partial charge on any atom is 0.302 e. The molecule has 0 spiro atoms. The Morgan fingerprint density at radius 3 is 1.01 bits per heavy atom. The Morgan fingerprint density at radius 1 is 0.377 bits per heavy atom. The molecule has 4 amide bonds. The summed E-state index contributed by atoms with van der Waals surface area (Å²) in [6.07, 6.45) is 6.97. The van der Waals surface area contributed by atoms with E-state index in [2.05, 4.69) is 78.3 Å². The van der Waals surface area contributed by atoms with Gasteiger partial charge in [0.25, 0.3) is 0 Å².